The largest absolute Gasteiger partial charge is 0.475 e. The van der Waals surface area contributed by atoms with Gasteiger partial charge in [0.15, 0.2) is 5.78 Å². The van der Waals surface area contributed by atoms with E-state index in [1.165, 1.54) is 40.2 Å². The molecule has 0 bridgehead atoms. The number of ketones is 1. The maximum absolute atomic E-state index is 13.3. The lowest BCUT2D eigenvalue weighted by Gasteiger charge is -2.23. The molecule has 8 heteroatoms. The molecule has 0 radical (unpaired) electrons. The van der Waals surface area contributed by atoms with Gasteiger partial charge in [0.05, 0.1) is 5.56 Å². The number of benzene rings is 2. The van der Waals surface area contributed by atoms with Crippen molar-refractivity contribution < 1.29 is 31.5 Å². The highest BCUT2D eigenvalue weighted by Crippen LogP contribution is 2.41. The minimum absolute atomic E-state index is 0.109. The molecule has 0 unspecified atom stereocenters. The summed E-state index contributed by atoms with van der Waals surface area (Å²) in [6, 6.07) is 9.65. The van der Waals surface area contributed by atoms with E-state index in [9.17, 15) is 26.7 Å². The standard InChI is InChI=1S/C15H8BrF5O2/c16-14(18,19)15(20,21)23-12-8-10(17)6-7-11(12)13(22)9-4-2-1-3-5-9/h1-8H. The van der Waals surface area contributed by atoms with Gasteiger partial charge in [-0.15, -0.1) is 0 Å². The normalized spacial score (nSPS) is 12.1. The first kappa shape index (κ1) is 17.4. The van der Waals surface area contributed by atoms with Gasteiger partial charge in [0.1, 0.15) is 11.6 Å². The number of halogens is 6. The van der Waals surface area contributed by atoms with Crippen LogP contribution in [0.1, 0.15) is 15.9 Å². The van der Waals surface area contributed by atoms with Crippen LogP contribution in [-0.4, -0.2) is 16.7 Å². The fourth-order valence-electron chi connectivity index (χ4n) is 1.71. The Morgan fingerprint density at radius 1 is 1.00 bits per heavy atom. The van der Waals surface area contributed by atoms with Gasteiger partial charge in [0.25, 0.3) is 0 Å². The van der Waals surface area contributed by atoms with Crippen molar-refractivity contribution in [2.75, 3.05) is 0 Å². The fraction of sp³-hybridized carbons (Fsp3) is 0.133. The van der Waals surface area contributed by atoms with Gasteiger partial charge >= 0.3 is 10.9 Å². The minimum atomic E-state index is -4.98. The molecule has 2 aromatic rings. The van der Waals surface area contributed by atoms with Crippen LogP contribution < -0.4 is 4.74 Å². The maximum atomic E-state index is 13.3. The molecule has 0 aliphatic heterocycles. The van der Waals surface area contributed by atoms with E-state index in [1.54, 1.807) is 6.07 Å². The second kappa shape index (κ2) is 6.27. The number of carbonyl (C=O) groups excluding carboxylic acids is 1. The van der Waals surface area contributed by atoms with Gasteiger partial charge in [0.2, 0.25) is 0 Å². The first-order valence-electron chi connectivity index (χ1n) is 6.14. The Hall–Kier alpha value is -1.96. The molecule has 0 saturated carbocycles. The van der Waals surface area contributed by atoms with Crippen LogP contribution >= 0.6 is 15.9 Å². The summed E-state index contributed by atoms with van der Waals surface area (Å²) in [7, 11) is 0. The average molecular weight is 395 g/mol. The van der Waals surface area contributed by atoms with Crippen molar-refractivity contribution in [2.24, 2.45) is 0 Å². The summed E-state index contributed by atoms with van der Waals surface area (Å²) in [4.78, 5) is 7.57. The molecular formula is C15H8BrF5O2. The number of rotatable bonds is 5. The molecule has 122 valence electrons. The lowest BCUT2D eigenvalue weighted by molar-refractivity contribution is -0.266. The highest BCUT2D eigenvalue weighted by Gasteiger charge is 2.58. The number of ether oxygens (including phenoxy) is 1. The molecular weight excluding hydrogens is 387 g/mol. The van der Waals surface area contributed by atoms with Crippen molar-refractivity contribution in [1.29, 1.82) is 0 Å². The summed E-state index contributed by atoms with van der Waals surface area (Å²) < 4.78 is 69.5. The van der Waals surface area contributed by atoms with Gasteiger partial charge in [-0.1, -0.05) is 30.3 Å². The van der Waals surface area contributed by atoms with Crippen molar-refractivity contribution in [3.05, 3.63) is 65.5 Å². The smallest absolute Gasteiger partial charge is 0.426 e. The summed E-state index contributed by atoms with van der Waals surface area (Å²) in [6.07, 6.45) is -4.98. The summed E-state index contributed by atoms with van der Waals surface area (Å²) in [6.45, 7) is 0. The zero-order valence-corrected chi connectivity index (χ0v) is 12.8. The van der Waals surface area contributed by atoms with Crippen molar-refractivity contribution in [3.8, 4) is 5.75 Å². The van der Waals surface area contributed by atoms with Gasteiger partial charge in [-0.25, -0.2) is 4.39 Å². The summed E-state index contributed by atoms with van der Waals surface area (Å²) >= 11 is 1.50. The fourth-order valence-corrected chi connectivity index (χ4v) is 1.79. The minimum Gasteiger partial charge on any atom is -0.426 e. The lowest BCUT2D eigenvalue weighted by atomic mass is 10.0. The van der Waals surface area contributed by atoms with E-state index in [-0.39, 0.29) is 5.56 Å². The van der Waals surface area contributed by atoms with Crippen LogP contribution in [0.25, 0.3) is 0 Å². The van der Waals surface area contributed by atoms with Crippen LogP contribution in [0.15, 0.2) is 48.5 Å². The number of carbonyl (C=O) groups is 1. The van der Waals surface area contributed by atoms with Crippen LogP contribution in [0.4, 0.5) is 22.0 Å². The van der Waals surface area contributed by atoms with Crippen molar-refractivity contribution in [3.63, 3.8) is 0 Å². The van der Waals surface area contributed by atoms with Gasteiger partial charge in [-0.3, -0.25) is 4.79 Å². The molecule has 2 aromatic carbocycles. The first-order valence-corrected chi connectivity index (χ1v) is 6.94. The molecule has 0 N–H and O–H groups in total. The second-order valence-electron chi connectivity index (χ2n) is 4.45. The number of hydrogen-bond donors (Lipinski definition) is 0. The van der Waals surface area contributed by atoms with E-state index in [1.807, 2.05) is 0 Å². The van der Waals surface area contributed by atoms with E-state index in [0.717, 1.165) is 12.1 Å². The molecule has 23 heavy (non-hydrogen) atoms. The Labute approximate surface area is 136 Å². The predicted molar refractivity (Wildman–Crippen MR) is 75.7 cm³/mol. The topological polar surface area (TPSA) is 26.3 Å². The summed E-state index contributed by atoms with van der Waals surface area (Å²) in [5.74, 6) is -2.77. The Kier molecular flexibility index (Phi) is 4.74. The maximum Gasteiger partial charge on any atom is 0.475 e. The van der Waals surface area contributed by atoms with E-state index in [2.05, 4.69) is 4.74 Å². The Morgan fingerprint density at radius 3 is 2.17 bits per heavy atom. The summed E-state index contributed by atoms with van der Waals surface area (Å²) in [5, 5.41) is 0. The third-order valence-corrected chi connectivity index (χ3v) is 3.25. The Balaban J connectivity index is 2.45. The van der Waals surface area contributed by atoms with E-state index < -0.39 is 33.9 Å². The van der Waals surface area contributed by atoms with Gasteiger partial charge in [0, 0.05) is 27.6 Å². The second-order valence-corrected chi connectivity index (χ2v) is 5.45. The van der Waals surface area contributed by atoms with E-state index in [4.69, 9.17) is 0 Å². The number of hydrogen-bond acceptors (Lipinski definition) is 2. The molecule has 0 spiro atoms. The van der Waals surface area contributed by atoms with Crippen molar-refractivity contribution in [1.82, 2.24) is 0 Å². The van der Waals surface area contributed by atoms with Crippen molar-refractivity contribution in [2.45, 2.75) is 10.9 Å². The Morgan fingerprint density at radius 2 is 1.61 bits per heavy atom. The highest BCUT2D eigenvalue weighted by atomic mass is 79.9. The third kappa shape index (κ3) is 3.87. The van der Waals surface area contributed by atoms with Gasteiger partial charge < -0.3 is 4.74 Å². The molecule has 0 saturated heterocycles. The molecule has 0 aliphatic rings. The number of alkyl halides is 5. The monoisotopic (exact) mass is 394 g/mol. The van der Waals surface area contributed by atoms with Crippen molar-refractivity contribution >= 4 is 21.7 Å². The lowest BCUT2D eigenvalue weighted by Crippen LogP contribution is -2.41. The van der Waals surface area contributed by atoms with Crippen LogP contribution in [0.5, 0.6) is 5.75 Å². The Bertz CT molecular complexity index is 714. The first-order chi connectivity index (χ1) is 10.6. The van der Waals surface area contributed by atoms with E-state index >= 15 is 0 Å². The zero-order valence-electron chi connectivity index (χ0n) is 11.2. The summed E-state index contributed by atoms with van der Waals surface area (Å²) in [5.41, 5.74) is -0.355. The SMILES string of the molecule is O=C(c1ccccc1)c1ccc(F)cc1OC(F)(F)C(F)(F)Br. The molecule has 0 aliphatic carbocycles. The molecule has 0 atom stereocenters. The molecule has 2 nitrogen and oxygen atoms in total. The predicted octanol–water partition coefficient (Wildman–Crippen LogP) is 5.02. The van der Waals surface area contributed by atoms with Crippen LogP contribution in [0.2, 0.25) is 0 Å². The molecule has 0 heterocycles. The van der Waals surface area contributed by atoms with Crippen LogP contribution in [0, 0.1) is 5.82 Å². The molecule has 0 amide bonds. The molecule has 2 rings (SSSR count). The van der Waals surface area contributed by atoms with Gasteiger partial charge in [-0.2, -0.15) is 17.6 Å². The van der Waals surface area contributed by atoms with Crippen LogP contribution in [0.3, 0.4) is 0 Å². The zero-order chi connectivity index (χ0) is 17.3. The quantitative estimate of drug-likeness (QED) is 0.404. The van der Waals surface area contributed by atoms with Crippen LogP contribution in [-0.2, 0) is 0 Å². The average Bonchev–Trinajstić information content (AvgIpc) is 2.46. The molecule has 0 aromatic heterocycles. The van der Waals surface area contributed by atoms with E-state index in [0.29, 0.717) is 6.07 Å². The van der Waals surface area contributed by atoms with Gasteiger partial charge in [-0.05, 0) is 12.1 Å². The highest BCUT2D eigenvalue weighted by molar-refractivity contribution is 9.10. The molecule has 0 fully saturated rings. The third-order valence-electron chi connectivity index (χ3n) is 2.79.